The van der Waals surface area contributed by atoms with Gasteiger partial charge in [0, 0.05) is 32.1 Å². The van der Waals surface area contributed by atoms with Crippen molar-refractivity contribution in [3.05, 3.63) is 5.01 Å². The molecule has 0 N–H and O–H groups in total. The molecule has 0 radical (unpaired) electrons. The minimum absolute atomic E-state index is 0.0218. The summed E-state index contributed by atoms with van der Waals surface area (Å²) in [5, 5.41) is 9.62. The maximum absolute atomic E-state index is 12.9. The summed E-state index contributed by atoms with van der Waals surface area (Å²) in [5.41, 5.74) is 0. The average Bonchev–Trinajstić information content (AvgIpc) is 3.40. The Morgan fingerprint density at radius 2 is 2.00 bits per heavy atom. The summed E-state index contributed by atoms with van der Waals surface area (Å²) >= 11 is 1.41. The third-order valence-electron chi connectivity index (χ3n) is 5.47. The van der Waals surface area contributed by atoms with Gasteiger partial charge in [-0.25, -0.2) is 4.79 Å². The van der Waals surface area contributed by atoms with Crippen LogP contribution in [0.25, 0.3) is 0 Å². The molecule has 3 amide bonds. The van der Waals surface area contributed by atoms with Crippen molar-refractivity contribution >= 4 is 34.4 Å². The Morgan fingerprint density at radius 3 is 2.63 bits per heavy atom. The van der Waals surface area contributed by atoms with E-state index in [2.05, 4.69) is 10.2 Å². The summed E-state index contributed by atoms with van der Waals surface area (Å²) in [4.78, 5) is 42.1. The van der Waals surface area contributed by atoms with E-state index in [1.165, 1.54) is 11.3 Å². The molecule has 0 spiro atoms. The fourth-order valence-electron chi connectivity index (χ4n) is 3.95. The van der Waals surface area contributed by atoms with Gasteiger partial charge in [-0.2, -0.15) is 0 Å². The monoisotopic (exact) mass is 393 g/mol. The van der Waals surface area contributed by atoms with Crippen molar-refractivity contribution in [1.82, 2.24) is 20.0 Å². The van der Waals surface area contributed by atoms with E-state index in [4.69, 9.17) is 4.74 Å². The molecule has 10 heteroatoms. The summed E-state index contributed by atoms with van der Waals surface area (Å²) in [6, 6.07) is 0.139. The van der Waals surface area contributed by atoms with E-state index in [0.29, 0.717) is 37.9 Å². The molecule has 0 saturated carbocycles. The Bertz CT molecular complexity index is 745. The first kappa shape index (κ1) is 18.1. The SMILES string of the molecule is CCc1nnc(N2CC(C(=O)N3CCC(N4CCOC4=O)CC3)CC2=O)s1. The summed E-state index contributed by atoms with van der Waals surface area (Å²) in [7, 11) is 0. The van der Waals surface area contributed by atoms with E-state index in [0.717, 1.165) is 24.3 Å². The van der Waals surface area contributed by atoms with Crippen molar-refractivity contribution in [3.63, 3.8) is 0 Å². The van der Waals surface area contributed by atoms with Crippen LogP contribution in [0.4, 0.5) is 9.93 Å². The van der Waals surface area contributed by atoms with Gasteiger partial charge in [0.2, 0.25) is 16.9 Å². The number of hydrogen-bond acceptors (Lipinski definition) is 7. The van der Waals surface area contributed by atoms with Gasteiger partial charge in [0.1, 0.15) is 11.6 Å². The number of likely N-dealkylation sites (tertiary alicyclic amines) is 1. The molecule has 3 aliphatic heterocycles. The molecule has 4 heterocycles. The zero-order valence-corrected chi connectivity index (χ0v) is 16.1. The van der Waals surface area contributed by atoms with Gasteiger partial charge in [-0.05, 0) is 19.3 Å². The molecule has 1 atom stereocenters. The number of carbonyl (C=O) groups is 3. The van der Waals surface area contributed by atoms with Crippen LogP contribution in [0.2, 0.25) is 0 Å². The van der Waals surface area contributed by atoms with E-state index in [1.54, 1.807) is 9.80 Å². The lowest BCUT2D eigenvalue weighted by atomic mass is 10.0. The molecule has 0 aliphatic carbocycles. The number of nitrogens with zero attached hydrogens (tertiary/aromatic N) is 5. The Kier molecular flexibility index (Phi) is 4.98. The average molecular weight is 393 g/mol. The molecule has 1 aromatic rings. The molecule has 3 saturated heterocycles. The van der Waals surface area contributed by atoms with Gasteiger partial charge in [-0.3, -0.25) is 14.5 Å². The van der Waals surface area contributed by atoms with Gasteiger partial charge in [0.05, 0.1) is 12.5 Å². The molecule has 3 aliphatic rings. The Balaban J connectivity index is 1.34. The van der Waals surface area contributed by atoms with Crippen molar-refractivity contribution in [3.8, 4) is 0 Å². The van der Waals surface area contributed by atoms with Crippen molar-refractivity contribution in [2.45, 2.75) is 38.6 Å². The first-order valence-corrected chi connectivity index (χ1v) is 10.2. The summed E-state index contributed by atoms with van der Waals surface area (Å²) < 4.78 is 5.00. The number of anilines is 1. The molecule has 1 aromatic heterocycles. The maximum atomic E-state index is 12.9. The number of ether oxygens (including phenoxy) is 1. The highest BCUT2D eigenvalue weighted by molar-refractivity contribution is 7.15. The quantitative estimate of drug-likeness (QED) is 0.754. The number of aromatic nitrogens is 2. The highest BCUT2D eigenvalue weighted by atomic mass is 32.1. The molecular weight excluding hydrogens is 370 g/mol. The predicted octanol–water partition coefficient (Wildman–Crippen LogP) is 0.897. The van der Waals surface area contributed by atoms with Crippen LogP contribution in [0.15, 0.2) is 0 Å². The molecule has 3 fully saturated rings. The lowest BCUT2D eigenvalue weighted by Crippen LogP contribution is -2.48. The zero-order chi connectivity index (χ0) is 19.0. The number of piperidine rings is 1. The Morgan fingerprint density at radius 1 is 1.22 bits per heavy atom. The molecule has 146 valence electrons. The first-order chi connectivity index (χ1) is 13.1. The number of aryl methyl sites for hydroxylation is 1. The Labute approximate surface area is 161 Å². The smallest absolute Gasteiger partial charge is 0.410 e. The van der Waals surface area contributed by atoms with Crippen LogP contribution in [-0.2, 0) is 20.7 Å². The number of rotatable bonds is 4. The third-order valence-corrected chi connectivity index (χ3v) is 6.56. The van der Waals surface area contributed by atoms with Crippen LogP contribution in [0.5, 0.6) is 0 Å². The highest BCUT2D eigenvalue weighted by Gasteiger charge is 2.40. The van der Waals surface area contributed by atoms with E-state index < -0.39 is 0 Å². The van der Waals surface area contributed by atoms with Gasteiger partial charge < -0.3 is 14.5 Å². The summed E-state index contributed by atoms with van der Waals surface area (Å²) in [5.74, 6) is -0.379. The highest BCUT2D eigenvalue weighted by Crippen LogP contribution is 2.30. The van der Waals surface area contributed by atoms with Gasteiger partial charge in [-0.1, -0.05) is 18.3 Å². The minimum Gasteiger partial charge on any atom is -0.448 e. The molecule has 0 bridgehead atoms. The molecule has 27 heavy (non-hydrogen) atoms. The van der Waals surface area contributed by atoms with Crippen LogP contribution in [0, 0.1) is 5.92 Å². The van der Waals surface area contributed by atoms with Crippen molar-refractivity contribution in [2.75, 3.05) is 37.7 Å². The second-order valence-electron chi connectivity index (χ2n) is 7.10. The fraction of sp³-hybridized carbons (Fsp3) is 0.706. The first-order valence-electron chi connectivity index (χ1n) is 9.41. The molecule has 9 nitrogen and oxygen atoms in total. The minimum atomic E-state index is -0.334. The van der Waals surface area contributed by atoms with E-state index in [-0.39, 0.29) is 36.3 Å². The van der Waals surface area contributed by atoms with Crippen LogP contribution in [0.3, 0.4) is 0 Å². The standard InChI is InChI=1S/C17H23N5O4S/c1-2-13-18-19-16(27-13)22-10-11(9-14(22)23)15(24)20-5-3-12(4-6-20)21-7-8-26-17(21)25/h11-12H,2-10H2,1H3. The van der Waals surface area contributed by atoms with Crippen molar-refractivity contribution < 1.29 is 19.1 Å². The van der Waals surface area contributed by atoms with Crippen molar-refractivity contribution in [2.24, 2.45) is 5.92 Å². The van der Waals surface area contributed by atoms with E-state index in [1.807, 2.05) is 11.8 Å². The largest absolute Gasteiger partial charge is 0.448 e. The lowest BCUT2D eigenvalue weighted by Gasteiger charge is -2.36. The summed E-state index contributed by atoms with van der Waals surface area (Å²) in [6.07, 6.45) is 2.25. The molecule has 4 rings (SSSR count). The molecular formula is C17H23N5O4S. The van der Waals surface area contributed by atoms with Crippen molar-refractivity contribution in [1.29, 1.82) is 0 Å². The molecule has 0 aromatic carbocycles. The number of amides is 3. The maximum Gasteiger partial charge on any atom is 0.410 e. The van der Waals surface area contributed by atoms with Crippen LogP contribution in [0.1, 0.15) is 31.2 Å². The second kappa shape index (κ2) is 7.41. The normalized spacial score (nSPS) is 24.0. The van der Waals surface area contributed by atoms with Gasteiger partial charge in [0.15, 0.2) is 0 Å². The van der Waals surface area contributed by atoms with Crippen LogP contribution < -0.4 is 4.90 Å². The van der Waals surface area contributed by atoms with E-state index >= 15 is 0 Å². The van der Waals surface area contributed by atoms with Gasteiger partial charge in [0.25, 0.3) is 0 Å². The van der Waals surface area contributed by atoms with Crippen LogP contribution in [-0.4, -0.2) is 76.7 Å². The number of carbonyl (C=O) groups excluding carboxylic acids is 3. The second-order valence-corrected chi connectivity index (χ2v) is 8.14. The predicted molar refractivity (Wildman–Crippen MR) is 97.4 cm³/mol. The van der Waals surface area contributed by atoms with Gasteiger partial charge in [-0.15, -0.1) is 10.2 Å². The fourth-order valence-corrected chi connectivity index (χ4v) is 4.75. The topological polar surface area (TPSA) is 95.9 Å². The number of hydrogen-bond donors (Lipinski definition) is 0. The molecule has 1 unspecified atom stereocenters. The Hall–Kier alpha value is -2.23. The van der Waals surface area contributed by atoms with E-state index in [9.17, 15) is 14.4 Å². The number of cyclic esters (lactones) is 1. The van der Waals surface area contributed by atoms with Gasteiger partial charge >= 0.3 is 6.09 Å². The lowest BCUT2D eigenvalue weighted by molar-refractivity contribution is -0.137. The third kappa shape index (κ3) is 3.50. The zero-order valence-electron chi connectivity index (χ0n) is 15.3. The van der Waals surface area contributed by atoms with Crippen LogP contribution >= 0.6 is 11.3 Å². The summed E-state index contributed by atoms with van der Waals surface area (Å²) in [6.45, 7) is 4.66.